The van der Waals surface area contributed by atoms with Crippen molar-refractivity contribution >= 4 is 11.8 Å². The molecule has 0 aromatic heterocycles. The minimum Gasteiger partial charge on any atom is -0.496 e. The Balaban J connectivity index is 1.91. The molecule has 0 bridgehead atoms. The molecule has 5 heteroatoms. The molecular formula is C21H26N2O3. The van der Waals surface area contributed by atoms with Gasteiger partial charge in [-0.05, 0) is 42.7 Å². The number of carbonyl (C=O) groups is 2. The van der Waals surface area contributed by atoms with Gasteiger partial charge in [-0.2, -0.15) is 0 Å². The summed E-state index contributed by atoms with van der Waals surface area (Å²) in [5.41, 5.74) is 1.97. The van der Waals surface area contributed by atoms with Gasteiger partial charge in [0.05, 0.1) is 7.11 Å². The van der Waals surface area contributed by atoms with Gasteiger partial charge in [0.1, 0.15) is 5.75 Å². The molecule has 0 unspecified atom stereocenters. The standard InChI is InChI=1S/C21H26N2O3/c1-15(2)12-13-22-20(24)16-8-10-17(11-9-16)21(25)23-14-18-6-4-5-7-19(18)26-3/h4-11,15H,12-14H2,1-3H3,(H,22,24)(H,23,25). The third-order valence-electron chi connectivity index (χ3n) is 4.05. The Kier molecular flexibility index (Phi) is 7.21. The van der Waals surface area contributed by atoms with E-state index < -0.39 is 0 Å². The smallest absolute Gasteiger partial charge is 0.251 e. The zero-order valence-corrected chi connectivity index (χ0v) is 15.5. The average molecular weight is 354 g/mol. The lowest BCUT2D eigenvalue weighted by Gasteiger charge is -2.10. The van der Waals surface area contributed by atoms with E-state index in [1.807, 2.05) is 24.3 Å². The number of benzene rings is 2. The maximum Gasteiger partial charge on any atom is 0.251 e. The molecule has 0 atom stereocenters. The molecule has 2 amide bonds. The van der Waals surface area contributed by atoms with Gasteiger partial charge in [-0.15, -0.1) is 0 Å². The Morgan fingerprint density at radius 1 is 0.923 bits per heavy atom. The second kappa shape index (κ2) is 9.61. The summed E-state index contributed by atoms with van der Waals surface area (Å²) >= 11 is 0. The topological polar surface area (TPSA) is 67.4 Å². The van der Waals surface area contributed by atoms with Crippen molar-refractivity contribution in [3.63, 3.8) is 0 Å². The summed E-state index contributed by atoms with van der Waals surface area (Å²) < 4.78 is 5.28. The minimum atomic E-state index is -0.192. The monoisotopic (exact) mass is 354 g/mol. The lowest BCUT2D eigenvalue weighted by atomic mass is 10.1. The Bertz CT molecular complexity index is 739. The van der Waals surface area contributed by atoms with E-state index >= 15 is 0 Å². The van der Waals surface area contributed by atoms with Gasteiger partial charge in [-0.25, -0.2) is 0 Å². The predicted molar refractivity (Wildman–Crippen MR) is 102 cm³/mol. The van der Waals surface area contributed by atoms with Gasteiger partial charge in [-0.1, -0.05) is 32.0 Å². The summed E-state index contributed by atoms with van der Waals surface area (Å²) in [5.74, 6) is 0.972. The number of rotatable bonds is 8. The lowest BCUT2D eigenvalue weighted by Crippen LogP contribution is -2.26. The molecule has 0 spiro atoms. The molecule has 0 saturated heterocycles. The quantitative estimate of drug-likeness (QED) is 0.763. The summed E-state index contributed by atoms with van der Waals surface area (Å²) in [6, 6.07) is 14.2. The number of hydrogen-bond acceptors (Lipinski definition) is 3. The van der Waals surface area contributed by atoms with Crippen molar-refractivity contribution in [3.05, 3.63) is 65.2 Å². The number of methoxy groups -OCH3 is 1. The van der Waals surface area contributed by atoms with Crippen LogP contribution >= 0.6 is 0 Å². The molecule has 0 heterocycles. The van der Waals surface area contributed by atoms with Crippen LogP contribution in [0, 0.1) is 5.92 Å². The van der Waals surface area contributed by atoms with Crippen LogP contribution in [0.15, 0.2) is 48.5 Å². The SMILES string of the molecule is COc1ccccc1CNC(=O)c1ccc(C(=O)NCCC(C)C)cc1. The summed E-state index contributed by atoms with van der Waals surface area (Å²) in [6.07, 6.45) is 0.940. The van der Waals surface area contributed by atoms with Gasteiger partial charge in [0.25, 0.3) is 11.8 Å². The molecule has 138 valence electrons. The van der Waals surface area contributed by atoms with Crippen LogP contribution in [0.2, 0.25) is 0 Å². The predicted octanol–water partition coefficient (Wildman–Crippen LogP) is 3.40. The fourth-order valence-electron chi connectivity index (χ4n) is 2.48. The Labute approximate surface area is 154 Å². The van der Waals surface area contributed by atoms with Crippen LogP contribution in [0.1, 0.15) is 46.5 Å². The highest BCUT2D eigenvalue weighted by atomic mass is 16.5. The van der Waals surface area contributed by atoms with Crippen LogP contribution in [-0.2, 0) is 6.54 Å². The molecule has 0 fully saturated rings. The number of amides is 2. The van der Waals surface area contributed by atoms with Gasteiger partial charge < -0.3 is 15.4 Å². The van der Waals surface area contributed by atoms with E-state index in [4.69, 9.17) is 4.74 Å². The van der Waals surface area contributed by atoms with Crippen molar-refractivity contribution in [1.29, 1.82) is 0 Å². The summed E-state index contributed by atoms with van der Waals surface area (Å²) in [6.45, 7) is 5.26. The van der Waals surface area contributed by atoms with E-state index in [2.05, 4.69) is 24.5 Å². The minimum absolute atomic E-state index is 0.119. The van der Waals surface area contributed by atoms with Crippen molar-refractivity contribution in [2.45, 2.75) is 26.8 Å². The Morgan fingerprint density at radius 2 is 1.50 bits per heavy atom. The summed E-state index contributed by atoms with van der Waals surface area (Å²) in [7, 11) is 1.60. The van der Waals surface area contributed by atoms with Crippen LogP contribution in [0.25, 0.3) is 0 Å². The first-order valence-corrected chi connectivity index (χ1v) is 8.79. The van der Waals surface area contributed by atoms with Crippen molar-refractivity contribution < 1.29 is 14.3 Å². The van der Waals surface area contributed by atoms with Gasteiger partial charge >= 0.3 is 0 Å². The van der Waals surface area contributed by atoms with E-state index in [9.17, 15) is 9.59 Å². The first kappa shape index (κ1) is 19.5. The van der Waals surface area contributed by atoms with Gasteiger partial charge in [0.15, 0.2) is 0 Å². The second-order valence-electron chi connectivity index (χ2n) is 6.51. The molecule has 2 aromatic carbocycles. The average Bonchev–Trinajstić information content (AvgIpc) is 2.66. The van der Waals surface area contributed by atoms with E-state index in [0.29, 0.717) is 30.1 Å². The molecule has 2 rings (SSSR count). The summed E-state index contributed by atoms with van der Waals surface area (Å²) in [4.78, 5) is 24.4. The van der Waals surface area contributed by atoms with E-state index in [1.54, 1.807) is 31.4 Å². The normalized spacial score (nSPS) is 10.5. The fraction of sp³-hybridized carbons (Fsp3) is 0.333. The third-order valence-corrected chi connectivity index (χ3v) is 4.05. The van der Waals surface area contributed by atoms with E-state index in [1.165, 1.54) is 0 Å². The molecule has 2 N–H and O–H groups in total. The molecule has 2 aromatic rings. The summed E-state index contributed by atoms with van der Waals surface area (Å²) in [5, 5.41) is 5.75. The molecular weight excluding hydrogens is 328 g/mol. The number of para-hydroxylation sites is 1. The lowest BCUT2D eigenvalue weighted by molar-refractivity contribution is 0.0939. The highest BCUT2D eigenvalue weighted by Gasteiger charge is 2.10. The molecule has 0 aliphatic carbocycles. The molecule has 5 nitrogen and oxygen atoms in total. The number of carbonyl (C=O) groups excluding carboxylic acids is 2. The van der Waals surface area contributed by atoms with Crippen molar-refractivity contribution in [1.82, 2.24) is 10.6 Å². The first-order chi connectivity index (χ1) is 12.5. The zero-order valence-electron chi connectivity index (χ0n) is 15.5. The highest BCUT2D eigenvalue weighted by molar-refractivity contribution is 5.97. The van der Waals surface area contributed by atoms with Gasteiger partial charge in [0, 0.05) is 29.8 Å². The third kappa shape index (κ3) is 5.62. The van der Waals surface area contributed by atoms with E-state index in [0.717, 1.165) is 17.7 Å². The van der Waals surface area contributed by atoms with Crippen LogP contribution in [-0.4, -0.2) is 25.5 Å². The van der Waals surface area contributed by atoms with Crippen LogP contribution in [0.4, 0.5) is 0 Å². The molecule has 0 saturated carbocycles. The largest absolute Gasteiger partial charge is 0.496 e. The molecule has 0 aliphatic heterocycles. The maximum absolute atomic E-state index is 12.3. The Hall–Kier alpha value is -2.82. The van der Waals surface area contributed by atoms with Crippen molar-refractivity contribution in [2.24, 2.45) is 5.92 Å². The zero-order chi connectivity index (χ0) is 18.9. The Morgan fingerprint density at radius 3 is 2.08 bits per heavy atom. The maximum atomic E-state index is 12.3. The molecule has 0 radical (unpaired) electrons. The van der Waals surface area contributed by atoms with Gasteiger partial charge in [0.2, 0.25) is 0 Å². The number of nitrogens with one attached hydrogen (secondary N) is 2. The van der Waals surface area contributed by atoms with Crippen LogP contribution in [0.5, 0.6) is 5.75 Å². The molecule has 26 heavy (non-hydrogen) atoms. The highest BCUT2D eigenvalue weighted by Crippen LogP contribution is 2.17. The fourth-order valence-corrected chi connectivity index (χ4v) is 2.48. The van der Waals surface area contributed by atoms with Crippen LogP contribution < -0.4 is 15.4 Å². The number of ether oxygens (including phenoxy) is 1. The van der Waals surface area contributed by atoms with Crippen LogP contribution in [0.3, 0.4) is 0 Å². The second-order valence-corrected chi connectivity index (χ2v) is 6.51. The van der Waals surface area contributed by atoms with Crippen molar-refractivity contribution in [2.75, 3.05) is 13.7 Å². The van der Waals surface area contributed by atoms with Gasteiger partial charge in [-0.3, -0.25) is 9.59 Å². The van der Waals surface area contributed by atoms with Crippen molar-refractivity contribution in [3.8, 4) is 5.75 Å². The first-order valence-electron chi connectivity index (χ1n) is 8.79. The molecule has 0 aliphatic rings. The van der Waals surface area contributed by atoms with E-state index in [-0.39, 0.29) is 11.8 Å². The number of hydrogen-bond donors (Lipinski definition) is 2.